The van der Waals surface area contributed by atoms with Gasteiger partial charge in [0.25, 0.3) is 10.0 Å². The van der Waals surface area contributed by atoms with Crippen LogP contribution in [0.2, 0.25) is 0 Å². The van der Waals surface area contributed by atoms with Gasteiger partial charge in [-0.3, -0.25) is 14.5 Å². The van der Waals surface area contributed by atoms with E-state index >= 15 is 0 Å². The fourth-order valence-corrected chi connectivity index (χ4v) is 4.35. The number of thiazole rings is 1. The van der Waals surface area contributed by atoms with Crippen molar-refractivity contribution in [1.29, 1.82) is 0 Å². The molecule has 1 amide bonds. The molecule has 3 rings (SSSR count). The lowest BCUT2D eigenvalue weighted by Crippen LogP contribution is -2.35. The average molecular weight is 378 g/mol. The fraction of sp³-hybridized carbons (Fsp3) is 0.312. The van der Waals surface area contributed by atoms with Crippen LogP contribution in [0.3, 0.4) is 0 Å². The number of amides is 1. The molecule has 0 fully saturated rings. The number of nitrogens with zero attached hydrogens (tertiary/aromatic N) is 2. The zero-order valence-electron chi connectivity index (χ0n) is 13.8. The van der Waals surface area contributed by atoms with Gasteiger partial charge in [0.15, 0.2) is 0 Å². The van der Waals surface area contributed by atoms with Crippen molar-refractivity contribution in [1.82, 2.24) is 15.0 Å². The third-order valence-corrected chi connectivity index (χ3v) is 5.93. The molecule has 25 heavy (non-hydrogen) atoms. The molecule has 1 aliphatic rings. The van der Waals surface area contributed by atoms with Gasteiger partial charge in [-0.05, 0) is 26.0 Å². The number of carbonyl (C=O) groups excluding carboxylic acids is 1. The summed E-state index contributed by atoms with van der Waals surface area (Å²) in [6.07, 6.45) is 0.648. The second kappa shape index (κ2) is 6.93. The third kappa shape index (κ3) is 3.88. The van der Waals surface area contributed by atoms with Crippen LogP contribution in [-0.4, -0.2) is 37.7 Å². The topological polar surface area (TPSA) is 101 Å². The molecule has 0 spiro atoms. The smallest absolute Gasteiger partial charge is 0.263 e. The molecular formula is C16H18N4O3S2. The number of aromatic nitrogens is 1. The van der Waals surface area contributed by atoms with E-state index in [0.717, 1.165) is 10.7 Å². The van der Waals surface area contributed by atoms with Crippen molar-refractivity contribution in [2.24, 2.45) is 4.99 Å². The van der Waals surface area contributed by atoms with Crippen LogP contribution in [0.15, 0.2) is 39.5 Å². The lowest BCUT2D eigenvalue weighted by Gasteiger charge is -2.09. The van der Waals surface area contributed by atoms with Crippen molar-refractivity contribution >= 4 is 33.1 Å². The Morgan fingerprint density at radius 1 is 1.40 bits per heavy atom. The first-order valence-electron chi connectivity index (χ1n) is 7.75. The molecule has 2 N–H and O–H groups in total. The van der Waals surface area contributed by atoms with Crippen LogP contribution in [0, 0.1) is 6.92 Å². The molecule has 1 aromatic carbocycles. The first kappa shape index (κ1) is 17.6. The largest absolute Gasteiger partial charge is 0.354 e. The van der Waals surface area contributed by atoms with Crippen LogP contribution in [-0.2, 0) is 21.2 Å². The number of hydrogen-bond acceptors (Lipinski definition) is 6. The highest BCUT2D eigenvalue weighted by molar-refractivity contribution is 7.90. The molecule has 0 aliphatic carbocycles. The number of aliphatic imine (C=N–C) groups is 1. The summed E-state index contributed by atoms with van der Waals surface area (Å²) in [6, 6.07) is 5.86. The highest BCUT2D eigenvalue weighted by atomic mass is 32.2. The van der Waals surface area contributed by atoms with Crippen molar-refractivity contribution in [2.75, 3.05) is 6.54 Å². The normalized spacial score (nSPS) is 17.8. The summed E-state index contributed by atoms with van der Waals surface area (Å²) in [5.41, 5.74) is 1.43. The molecule has 1 atom stereocenters. The van der Waals surface area contributed by atoms with Crippen LogP contribution < -0.4 is 10.0 Å². The van der Waals surface area contributed by atoms with E-state index in [2.05, 4.69) is 20.0 Å². The summed E-state index contributed by atoms with van der Waals surface area (Å²) < 4.78 is 26.5. The van der Waals surface area contributed by atoms with Crippen molar-refractivity contribution in [3.63, 3.8) is 0 Å². The van der Waals surface area contributed by atoms with Gasteiger partial charge in [0.05, 0.1) is 15.6 Å². The predicted octanol–water partition coefficient (Wildman–Crippen LogP) is 1.24. The highest BCUT2D eigenvalue weighted by Gasteiger charge is 2.31. The van der Waals surface area contributed by atoms with E-state index in [-0.39, 0.29) is 16.6 Å². The van der Waals surface area contributed by atoms with Crippen LogP contribution in [0.25, 0.3) is 0 Å². The summed E-state index contributed by atoms with van der Waals surface area (Å²) in [5, 5.41) is 5.76. The Balaban J connectivity index is 1.64. The zero-order chi connectivity index (χ0) is 18.0. The number of nitrogens with one attached hydrogen (secondary N) is 2. The maximum Gasteiger partial charge on any atom is 0.263 e. The van der Waals surface area contributed by atoms with Gasteiger partial charge in [0, 0.05) is 23.9 Å². The molecular weight excluding hydrogens is 360 g/mol. The number of aryl methyl sites for hydroxylation is 1. The number of carbonyl (C=O) groups is 1. The number of fused-ring (bicyclic) bond motifs is 1. The van der Waals surface area contributed by atoms with E-state index in [1.165, 1.54) is 6.07 Å². The summed E-state index contributed by atoms with van der Waals surface area (Å²) >= 11 is 1.57. The summed E-state index contributed by atoms with van der Waals surface area (Å²) in [6.45, 7) is 4.02. The number of amidine groups is 1. The van der Waals surface area contributed by atoms with Crippen LogP contribution >= 0.6 is 11.3 Å². The molecule has 0 bridgehead atoms. The molecule has 7 nitrogen and oxygen atoms in total. The van der Waals surface area contributed by atoms with Gasteiger partial charge < -0.3 is 5.32 Å². The Bertz CT molecular complexity index is 934. The number of rotatable bonds is 5. The molecule has 9 heteroatoms. The van der Waals surface area contributed by atoms with Gasteiger partial charge in [-0.1, -0.05) is 12.1 Å². The molecule has 0 saturated heterocycles. The standard InChI is InChI=1S/C16H18N4O3S2/c1-10(16(21)17-8-7-12-9-24-11(2)19-12)18-15-13-5-3-4-6-14(13)25(22,23)20-15/h3-6,9-10H,7-8H2,1-2H3,(H,17,21)(H,18,20)/t10-/m0/s1. The lowest BCUT2D eigenvalue weighted by atomic mass is 10.2. The number of benzene rings is 1. The minimum Gasteiger partial charge on any atom is -0.354 e. The minimum atomic E-state index is -3.60. The number of sulfonamides is 1. The molecule has 1 aliphatic heterocycles. The maximum absolute atomic E-state index is 12.2. The van der Waals surface area contributed by atoms with Gasteiger partial charge in [0.2, 0.25) is 5.91 Å². The van der Waals surface area contributed by atoms with E-state index in [4.69, 9.17) is 0 Å². The molecule has 1 aromatic heterocycles. The Hall–Kier alpha value is -2.26. The summed E-state index contributed by atoms with van der Waals surface area (Å²) in [7, 11) is -3.60. The maximum atomic E-state index is 12.2. The Morgan fingerprint density at radius 3 is 2.88 bits per heavy atom. The summed E-state index contributed by atoms with van der Waals surface area (Å²) in [5.74, 6) is -0.0589. The summed E-state index contributed by atoms with van der Waals surface area (Å²) in [4.78, 5) is 21.0. The van der Waals surface area contributed by atoms with Gasteiger partial charge in [0.1, 0.15) is 11.9 Å². The molecule has 2 aromatic rings. The predicted molar refractivity (Wildman–Crippen MR) is 96.3 cm³/mol. The van der Waals surface area contributed by atoms with Gasteiger partial charge >= 0.3 is 0 Å². The van der Waals surface area contributed by atoms with Crippen molar-refractivity contribution in [3.05, 3.63) is 45.9 Å². The van der Waals surface area contributed by atoms with E-state index in [1.807, 2.05) is 12.3 Å². The molecule has 0 radical (unpaired) electrons. The third-order valence-electron chi connectivity index (χ3n) is 3.71. The van der Waals surface area contributed by atoms with Gasteiger partial charge in [-0.25, -0.2) is 13.4 Å². The van der Waals surface area contributed by atoms with Gasteiger partial charge in [-0.15, -0.1) is 11.3 Å². The quantitative estimate of drug-likeness (QED) is 0.817. The van der Waals surface area contributed by atoms with E-state index < -0.39 is 16.1 Å². The molecule has 0 saturated carbocycles. The molecule has 132 valence electrons. The Labute approximate surface area is 150 Å². The zero-order valence-corrected chi connectivity index (χ0v) is 15.4. The van der Waals surface area contributed by atoms with Gasteiger partial charge in [-0.2, -0.15) is 0 Å². The fourth-order valence-electron chi connectivity index (χ4n) is 2.47. The average Bonchev–Trinajstić information content (AvgIpc) is 3.09. The van der Waals surface area contributed by atoms with E-state index in [9.17, 15) is 13.2 Å². The minimum absolute atomic E-state index is 0.181. The van der Waals surface area contributed by atoms with E-state index in [1.54, 1.807) is 36.5 Å². The first-order chi connectivity index (χ1) is 11.9. The van der Waals surface area contributed by atoms with Crippen molar-refractivity contribution in [3.8, 4) is 0 Å². The SMILES string of the molecule is Cc1nc(CCNC(=O)[C@H](C)N=C2NS(=O)(=O)c3ccccc32)cs1. The van der Waals surface area contributed by atoms with Crippen LogP contribution in [0.5, 0.6) is 0 Å². The second-order valence-corrected chi connectivity index (χ2v) is 8.37. The highest BCUT2D eigenvalue weighted by Crippen LogP contribution is 2.22. The van der Waals surface area contributed by atoms with Crippen LogP contribution in [0.1, 0.15) is 23.2 Å². The number of hydrogen-bond donors (Lipinski definition) is 2. The molecule has 0 unspecified atom stereocenters. The van der Waals surface area contributed by atoms with Crippen molar-refractivity contribution < 1.29 is 13.2 Å². The Morgan fingerprint density at radius 2 is 2.16 bits per heavy atom. The van der Waals surface area contributed by atoms with Crippen molar-refractivity contribution in [2.45, 2.75) is 31.2 Å². The molecule has 2 heterocycles. The monoisotopic (exact) mass is 378 g/mol. The Kier molecular flexibility index (Phi) is 4.87. The van der Waals surface area contributed by atoms with Crippen LogP contribution in [0.4, 0.5) is 0 Å². The second-order valence-electron chi connectivity index (χ2n) is 5.65. The van der Waals surface area contributed by atoms with E-state index in [0.29, 0.717) is 18.5 Å². The first-order valence-corrected chi connectivity index (χ1v) is 10.1. The lowest BCUT2D eigenvalue weighted by molar-refractivity contribution is -0.121.